The lowest BCUT2D eigenvalue weighted by Crippen LogP contribution is -2.42. The Bertz CT molecular complexity index is 394. The Labute approximate surface area is 108 Å². The van der Waals surface area contributed by atoms with Gasteiger partial charge in [-0.25, -0.2) is 4.98 Å². The van der Waals surface area contributed by atoms with Crippen LogP contribution in [-0.2, 0) is 4.74 Å². The molecule has 5 heteroatoms. The molecule has 100 valence electrons. The van der Waals surface area contributed by atoms with Crippen molar-refractivity contribution in [3.05, 3.63) is 23.9 Å². The molecular weight excluding hydrogens is 230 g/mol. The lowest BCUT2D eigenvalue weighted by atomic mass is 10.1. The number of hydrogen-bond donors (Lipinski definition) is 2. The fraction of sp³-hybridized carbons (Fsp3) is 0.538. The molecule has 0 saturated carbocycles. The van der Waals surface area contributed by atoms with Crippen LogP contribution in [0.15, 0.2) is 18.2 Å². The summed E-state index contributed by atoms with van der Waals surface area (Å²) in [6.45, 7) is 7.14. The Morgan fingerprint density at radius 2 is 2.22 bits per heavy atom. The third kappa shape index (κ3) is 4.33. The van der Waals surface area contributed by atoms with E-state index in [2.05, 4.69) is 10.3 Å². The molecule has 0 aromatic carbocycles. The van der Waals surface area contributed by atoms with Crippen molar-refractivity contribution in [2.45, 2.75) is 26.8 Å². The number of amides is 1. The van der Waals surface area contributed by atoms with Crippen molar-refractivity contribution < 1.29 is 9.53 Å². The third-order valence-electron chi connectivity index (χ3n) is 2.63. The first-order valence-corrected chi connectivity index (χ1v) is 6.15. The van der Waals surface area contributed by atoms with Crippen LogP contribution in [0, 0.1) is 5.92 Å². The number of nitrogens with two attached hydrogens (primary N) is 1. The van der Waals surface area contributed by atoms with E-state index in [0.29, 0.717) is 30.6 Å². The van der Waals surface area contributed by atoms with Crippen molar-refractivity contribution in [3.8, 4) is 0 Å². The molecule has 0 aliphatic rings. The standard InChI is InChI=1S/C13H21N3O2/c1-4-18-8-11(9(2)3)16-13(17)10-6-5-7-12(14)15-10/h5-7,9,11H,4,8H2,1-3H3,(H2,14,15)(H,16,17). The van der Waals surface area contributed by atoms with Gasteiger partial charge in [0.05, 0.1) is 12.6 Å². The number of nitrogens with zero attached hydrogens (tertiary/aromatic N) is 1. The van der Waals surface area contributed by atoms with Gasteiger partial charge in [-0.15, -0.1) is 0 Å². The zero-order valence-corrected chi connectivity index (χ0v) is 11.1. The molecule has 1 atom stereocenters. The average molecular weight is 251 g/mol. The number of aromatic nitrogens is 1. The molecule has 1 aromatic rings. The number of ether oxygens (including phenoxy) is 1. The topological polar surface area (TPSA) is 77.2 Å². The molecular formula is C13H21N3O2. The highest BCUT2D eigenvalue weighted by Gasteiger charge is 2.18. The van der Waals surface area contributed by atoms with Gasteiger partial charge in [-0.2, -0.15) is 0 Å². The minimum absolute atomic E-state index is 0.0271. The monoisotopic (exact) mass is 251 g/mol. The number of carbonyl (C=O) groups excluding carboxylic acids is 1. The summed E-state index contributed by atoms with van der Waals surface area (Å²) >= 11 is 0. The smallest absolute Gasteiger partial charge is 0.270 e. The van der Waals surface area contributed by atoms with Crippen molar-refractivity contribution >= 4 is 11.7 Å². The van der Waals surface area contributed by atoms with E-state index in [1.54, 1.807) is 18.2 Å². The number of nitrogens with one attached hydrogen (secondary N) is 1. The molecule has 0 bridgehead atoms. The molecule has 0 spiro atoms. The Balaban J connectivity index is 2.66. The van der Waals surface area contributed by atoms with Gasteiger partial charge in [0.1, 0.15) is 11.5 Å². The van der Waals surface area contributed by atoms with Gasteiger partial charge in [0.15, 0.2) is 0 Å². The number of pyridine rings is 1. The first kappa shape index (κ1) is 14.4. The Morgan fingerprint density at radius 3 is 2.78 bits per heavy atom. The van der Waals surface area contributed by atoms with Crippen LogP contribution in [0.1, 0.15) is 31.3 Å². The lowest BCUT2D eigenvalue weighted by Gasteiger charge is -2.21. The summed E-state index contributed by atoms with van der Waals surface area (Å²) in [6, 6.07) is 4.98. The third-order valence-corrected chi connectivity index (χ3v) is 2.63. The van der Waals surface area contributed by atoms with Gasteiger partial charge in [-0.3, -0.25) is 4.79 Å². The van der Waals surface area contributed by atoms with E-state index in [4.69, 9.17) is 10.5 Å². The van der Waals surface area contributed by atoms with Gasteiger partial charge >= 0.3 is 0 Å². The quantitative estimate of drug-likeness (QED) is 0.802. The van der Waals surface area contributed by atoms with E-state index >= 15 is 0 Å². The maximum atomic E-state index is 12.0. The van der Waals surface area contributed by atoms with E-state index in [1.807, 2.05) is 20.8 Å². The number of rotatable bonds is 6. The molecule has 0 aliphatic heterocycles. The summed E-state index contributed by atoms with van der Waals surface area (Å²) in [5.74, 6) is 0.413. The van der Waals surface area contributed by atoms with Crippen molar-refractivity contribution in [1.29, 1.82) is 0 Å². The summed E-state index contributed by atoms with van der Waals surface area (Å²) in [5.41, 5.74) is 5.88. The van der Waals surface area contributed by atoms with E-state index < -0.39 is 0 Å². The molecule has 5 nitrogen and oxygen atoms in total. The molecule has 1 amide bonds. The van der Waals surface area contributed by atoms with Gasteiger partial charge in [-0.1, -0.05) is 19.9 Å². The molecule has 1 heterocycles. The van der Waals surface area contributed by atoms with Gasteiger partial charge in [0.2, 0.25) is 0 Å². The molecule has 1 rings (SSSR count). The molecule has 18 heavy (non-hydrogen) atoms. The van der Waals surface area contributed by atoms with E-state index in [9.17, 15) is 4.79 Å². The number of nitrogen functional groups attached to an aromatic ring is 1. The minimum atomic E-state index is -0.222. The number of anilines is 1. The molecule has 0 fully saturated rings. The summed E-state index contributed by atoms with van der Waals surface area (Å²) < 4.78 is 5.36. The molecule has 1 aromatic heterocycles. The van der Waals surface area contributed by atoms with Crippen molar-refractivity contribution in [1.82, 2.24) is 10.3 Å². The van der Waals surface area contributed by atoms with E-state index in [-0.39, 0.29) is 11.9 Å². The summed E-state index contributed by atoms with van der Waals surface area (Å²) in [7, 11) is 0. The van der Waals surface area contributed by atoms with Gasteiger partial charge < -0.3 is 15.8 Å². The highest BCUT2D eigenvalue weighted by molar-refractivity contribution is 5.92. The minimum Gasteiger partial charge on any atom is -0.384 e. The SMILES string of the molecule is CCOCC(NC(=O)c1cccc(N)n1)C(C)C. The number of hydrogen-bond acceptors (Lipinski definition) is 4. The van der Waals surface area contributed by atoms with Crippen LogP contribution in [0.3, 0.4) is 0 Å². The van der Waals surface area contributed by atoms with E-state index in [0.717, 1.165) is 0 Å². The average Bonchev–Trinajstić information content (AvgIpc) is 2.33. The normalized spacial score (nSPS) is 12.4. The maximum Gasteiger partial charge on any atom is 0.270 e. The Kier molecular flexibility index (Phi) is 5.58. The highest BCUT2D eigenvalue weighted by atomic mass is 16.5. The van der Waals surface area contributed by atoms with Crippen LogP contribution in [0.25, 0.3) is 0 Å². The van der Waals surface area contributed by atoms with Crippen LogP contribution >= 0.6 is 0 Å². The fourth-order valence-corrected chi connectivity index (χ4v) is 1.47. The number of carbonyl (C=O) groups is 1. The Morgan fingerprint density at radius 1 is 1.50 bits per heavy atom. The second-order valence-corrected chi connectivity index (χ2v) is 4.43. The van der Waals surface area contributed by atoms with Crippen LogP contribution in [0.4, 0.5) is 5.82 Å². The van der Waals surface area contributed by atoms with Crippen molar-refractivity contribution in [2.24, 2.45) is 5.92 Å². The first-order chi connectivity index (χ1) is 8.54. The van der Waals surface area contributed by atoms with Crippen molar-refractivity contribution in [2.75, 3.05) is 18.9 Å². The van der Waals surface area contributed by atoms with E-state index in [1.165, 1.54) is 0 Å². The van der Waals surface area contributed by atoms with Crippen LogP contribution in [0.5, 0.6) is 0 Å². The fourth-order valence-electron chi connectivity index (χ4n) is 1.47. The van der Waals surface area contributed by atoms with Crippen LogP contribution in [0.2, 0.25) is 0 Å². The van der Waals surface area contributed by atoms with Crippen molar-refractivity contribution in [3.63, 3.8) is 0 Å². The molecule has 0 radical (unpaired) electrons. The molecule has 0 saturated heterocycles. The molecule has 1 unspecified atom stereocenters. The predicted molar refractivity (Wildman–Crippen MR) is 71.2 cm³/mol. The maximum absolute atomic E-state index is 12.0. The zero-order valence-electron chi connectivity index (χ0n) is 11.1. The first-order valence-electron chi connectivity index (χ1n) is 6.15. The Hall–Kier alpha value is -1.62. The second kappa shape index (κ2) is 6.96. The highest BCUT2D eigenvalue weighted by Crippen LogP contribution is 2.05. The van der Waals surface area contributed by atoms with Gasteiger partial charge in [0, 0.05) is 6.61 Å². The summed E-state index contributed by atoms with van der Waals surface area (Å²) in [4.78, 5) is 16.0. The molecule has 0 aliphatic carbocycles. The largest absolute Gasteiger partial charge is 0.384 e. The summed E-state index contributed by atoms with van der Waals surface area (Å²) in [5, 5.41) is 2.91. The van der Waals surface area contributed by atoms with Gasteiger partial charge in [-0.05, 0) is 25.0 Å². The predicted octanol–water partition coefficient (Wildman–Crippen LogP) is 1.45. The zero-order chi connectivity index (χ0) is 13.5. The van der Waals surface area contributed by atoms with Crippen LogP contribution < -0.4 is 11.1 Å². The molecule has 3 N–H and O–H groups in total. The summed E-state index contributed by atoms with van der Waals surface area (Å²) in [6.07, 6.45) is 0. The second-order valence-electron chi connectivity index (χ2n) is 4.43. The lowest BCUT2D eigenvalue weighted by molar-refractivity contribution is 0.0802. The van der Waals surface area contributed by atoms with Crippen LogP contribution in [-0.4, -0.2) is 30.1 Å². The van der Waals surface area contributed by atoms with Gasteiger partial charge in [0.25, 0.3) is 5.91 Å².